The van der Waals surface area contributed by atoms with Crippen molar-refractivity contribution in [2.45, 2.75) is 45.6 Å². The third-order valence-corrected chi connectivity index (χ3v) is 5.14. The van der Waals surface area contributed by atoms with Gasteiger partial charge >= 0.3 is 12.1 Å². The molecule has 2 saturated heterocycles. The number of methoxy groups -OCH3 is 1. The number of nitrogens with zero attached hydrogens (tertiary/aromatic N) is 2. The van der Waals surface area contributed by atoms with Crippen molar-refractivity contribution in [3.63, 3.8) is 0 Å². The van der Waals surface area contributed by atoms with Crippen molar-refractivity contribution in [2.75, 3.05) is 46.4 Å². The second kappa shape index (κ2) is 9.85. The molecule has 0 aromatic carbocycles. The van der Waals surface area contributed by atoms with Crippen LogP contribution in [0.25, 0.3) is 0 Å². The Morgan fingerprint density at radius 3 is 2.36 bits per heavy atom. The first-order chi connectivity index (χ1) is 12.0. The third-order valence-electron chi connectivity index (χ3n) is 5.14. The lowest BCUT2D eigenvalue weighted by atomic mass is 9.92. The van der Waals surface area contributed by atoms with Crippen LogP contribution in [-0.4, -0.2) is 74.3 Å². The van der Waals surface area contributed by atoms with Crippen molar-refractivity contribution in [3.8, 4) is 0 Å². The zero-order valence-electron chi connectivity index (χ0n) is 15.9. The molecule has 2 aliphatic rings. The second-order valence-electron chi connectivity index (χ2n) is 7.69. The summed E-state index contributed by atoms with van der Waals surface area (Å²) < 4.78 is 4.72. The van der Waals surface area contributed by atoms with Crippen LogP contribution in [0.1, 0.15) is 39.5 Å². The third kappa shape index (κ3) is 6.72. The average Bonchev–Trinajstić information content (AvgIpc) is 2.58. The summed E-state index contributed by atoms with van der Waals surface area (Å²) in [6.07, 6.45) is 3.56. The Kier molecular flexibility index (Phi) is 7.81. The van der Waals surface area contributed by atoms with Gasteiger partial charge in [0.2, 0.25) is 0 Å². The summed E-state index contributed by atoms with van der Waals surface area (Å²) in [6.45, 7) is 9.99. The number of hydrogen-bond donors (Lipinski definition) is 2. The average molecular weight is 354 g/mol. The highest BCUT2D eigenvalue weighted by Gasteiger charge is 2.24. The van der Waals surface area contributed by atoms with Crippen LogP contribution in [0.4, 0.5) is 9.59 Å². The lowest BCUT2D eigenvalue weighted by Gasteiger charge is -2.35. The molecule has 25 heavy (non-hydrogen) atoms. The Hall–Kier alpha value is -1.50. The van der Waals surface area contributed by atoms with E-state index in [4.69, 9.17) is 4.74 Å². The van der Waals surface area contributed by atoms with E-state index < -0.39 is 0 Å². The molecule has 2 unspecified atom stereocenters. The molecule has 2 rings (SSSR count). The maximum atomic E-state index is 12.0. The first-order valence-electron chi connectivity index (χ1n) is 9.57. The summed E-state index contributed by atoms with van der Waals surface area (Å²) in [5, 5.41) is 5.96. The van der Waals surface area contributed by atoms with Crippen LogP contribution in [0.2, 0.25) is 0 Å². The summed E-state index contributed by atoms with van der Waals surface area (Å²) >= 11 is 0. The molecule has 2 N–H and O–H groups in total. The van der Waals surface area contributed by atoms with E-state index in [9.17, 15) is 9.59 Å². The van der Waals surface area contributed by atoms with Gasteiger partial charge in [0.25, 0.3) is 0 Å². The number of hydrogen-bond acceptors (Lipinski definition) is 4. The molecular formula is C18H34N4O3. The van der Waals surface area contributed by atoms with Gasteiger partial charge in [0.05, 0.1) is 7.11 Å². The van der Waals surface area contributed by atoms with Crippen LogP contribution >= 0.6 is 0 Å². The SMILES string of the molecule is COC(=O)N1CCC(NC(=O)NCCCN2CC(C)CC(C)C2)CC1. The molecule has 0 radical (unpaired) electrons. The van der Waals surface area contributed by atoms with E-state index in [1.54, 1.807) is 4.90 Å². The minimum Gasteiger partial charge on any atom is -0.453 e. The van der Waals surface area contributed by atoms with Crippen LogP contribution < -0.4 is 10.6 Å². The van der Waals surface area contributed by atoms with E-state index in [0.717, 1.165) is 37.6 Å². The highest BCUT2D eigenvalue weighted by molar-refractivity contribution is 5.74. The van der Waals surface area contributed by atoms with Gasteiger partial charge in [-0.2, -0.15) is 0 Å². The minimum absolute atomic E-state index is 0.100. The fraction of sp³-hybridized carbons (Fsp3) is 0.889. The highest BCUT2D eigenvalue weighted by Crippen LogP contribution is 2.20. The topological polar surface area (TPSA) is 73.9 Å². The van der Waals surface area contributed by atoms with Crippen molar-refractivity contribution in [3.05, 3.63) is 0 Å². The van der Waals surface area contributed by atoms with Gasteiger partial charge in [-0.05, 0) is 44.1 Å². The maximum absolute atomic E-state index is 12.0. The molecule has 0 aromatic heterocycles. The Bertz CT molecular complexity index is 428. The van der Waals surface area contributed by atoms with Gasteiger partial charge in [0.1, 0.15) is 0 Å². The van der Waals surface area contributed by atoms with Crippen molar-refractivity contribution >= 4 is 12.1 Å². The molecule has 2 aliphatic heterocycles. The molecule has 7 nitrogen and oxygen atoms in total. The predicted molar refractivity (Wildman–Crippen MR) is 97.5 cm³/mol. The monoisotopic (exact) mass is 354 g/mol. The predicted octanol–water partition coefficient (Wildman–Crippen LogP) is 1.88. The summed E-state index contributed by atoms with van der Waals surface area (Å²) in [5.41, 5.74) is 0. The van der Waals surface area contributed by atoms with Gasteiger partial charge in [0, 0.05) is 38.8 Å². The van der Waals surface area contributed by atoms with E-state index >= 15 is 0 Å². The molecule has 0 saturated carbocycles. The summed E-state index contributed by atoms with van der Waals surface area (Å²) in [6, 6.07) is 0.0293. The van der Waals surface area contributed by atoms with E-state index in [1.165, 1.54) is 26.6 Å². The van der Waals surface area contributed by atoms with Gasteiger partial charge in [-0.3, -0.25) is 0 Å². The van der Waals surface area contributed by atoms with E-state index in [2.05, 4.69) is 29.4 Å². The standard InChI is InChI=1S/C18H34N4O3/c1-14-11-15(2)13-21(12-14)8-4-7-19-17(23)20-16-5-9-22(10-6-16)18(24)25-3/h14-16H,4-13H2,1-3H3,(H2,19,20,23). The first-order valence-corrected chi connectivity index (χ1v) is 9.57. The van der Waals surface area contributed by atoms with Crippen LogP contribution in [-0.2, 0) is 4.74 Å². The van der Waals surface area contributed by atoms with Crippen LogP contribution in [0.3, 0.4) is 0 Å². The van der Waals surface area contributed by atoms with Gasteiger partial charge < -0.3 is 25.2 Å². The van der Waals surface area contributed by atoms with Gasteiger partial charge in [-0.25, -0.2) is 9.59 Å². The van der Waals surface area contributed by atoms with Crippen molar-refractivity contribution in [1.82, 2.24) is 20.4 Å². The Morgan fingerprint density at radius 2 is 1.76 bits per heavy atom. The van der Waals surface area contributed by atoms with Crippen LogP contribution in [0.5, 0.6) is 0 Å². The number of piperidine rings is 2. The largest absolute Gasteiger partial charge is 0.453 e. The van der Waals surface area contributed by atoms with Crippen molar-refractivity contribution in [2.24, 2.45) is 11.8 Å². The van der Waals surface area contributed by atoms with Gasteiger partial charge in [0.15, 0.2) is 0 Å². The molecule has 2 atom stereocenters. The quantitative estimate of drug-likeness (QED) is 0.740. The number of ether oxygens (including phenoxy) is 1. The number of rotatable bonds is 5. The van der Waals surface area contributed by atoms with Crippen molar-refractivity contribution in [1.29, 1.82) is 0 Å². The maximum Gasteiger partial charge on any atom is 0.409 e. The van der Waals surface area contributed by atoms with Gasteiger partial charge in [-0.1, -0.05) is 13.8 Å². The molecule has 2 heterocycles. The first kappa shape index (κ1) is 19.8. The number of amides is 3. The molecule has 0 aromatic rings. The van der Waals surface area contributed by atoms with E-state index in [1.807, 2.05) is 0 Å². The lowest BCUT2D eigenvalue weighted by molar-refractivity contribution is 0.110. The molecule has 0 bridgehead atoms. The summed E-state index contributed by atoms with van der Waals surface area (Å²) in [4.78, 5) is 27.6. The number of nitrogens with one attached hydrogen (secondary N) is 2. The molecule has 144 valence electrons. The van der Waals surface area contributed by atoms with E-state index in [0.29, 0.717) is 19.6 Å². The molecule has 0 spiro atoms. The molecule has 7 heteroatoms. The highest BCUT2D eigenvalue weighted by atomic mass is 16.5. The number of carbonyl (C=O) groups is 2. The number of likely N-dealkylation sites (tertiary alicyclic amines) is 2. The summed E-state index contributed by atoms with van der Waals surface area (Å²) in [5.74, 6) is 1.55. The minimum atomic E-state index is -0.288. The smallest absolute Gasteiger partial charge is 0.409 e. The second-order valence-corrected chi connectivity index (χ2v) is 7.69. The fourth-order valence-corrected chi connectivity index (χ4v) is 4.05. The Balaban J connectivity index is 1.55. The van der Waals surface area contributed by atoms with Crippen LogP contribution in [0, 0.1) is 11.8 Å². The Labute approximate surface area is 151 Å². The van der Waals surface area contributed by atoms with Gasteiger partial charge in [-0.15, -0.1) is 0 Å². The van der Waals surface area contributed by atoms with E-state index in [-0.39, 0.29) is 18.2 Å². The molecule has 2 fully saturated rings. The molecule has 0 aliphatic carbocycles. The number of urea groups is 1. The van der Waals surface area contributed by atoms with Crippen molar-refractivity contribution < 1.29 is 14.3 Å². The molecule has 3 amide bonds. The van der Waals surface area contributed by atoms with Crippen LogP contribution in [0.15, 0.2) is 0 Å². The zero-order valence-corrected chi connectivity index (χ0v) is 15.9. The number of carbonyl (C=O) groups excluding carboxylic acids is 2. The lowest BCUT2D eigenvalue weighted by Crippen LogP contribution is -2.49. The fourth-order valence-electron chi connectivity index (χ4n) is 4.05. The normalized spacial score (nSPS) is 25.5. The molecular weight excluding hydrogens is 320 g/mol. The Morgan fingerprint density at radius 1 is 1.12 bits per heavy atom. The summed E-state index contributed by atoms with van der Waals surface area (Å²) in [7, 11) is 1.39. The zero-order chi connectivity index (χ0) is 18.2.